The summed E-state index contributed by atoms with van der Waals surface area (Å²) in [5, 5.41) is 0. The molecule has 1 amide bonds. The molecule has 3 rings (SSSR count). The average Bonchev–Trinajstić information content (AvgIpc) is 3.11. The van der Waals surface area contributed by atoms with Gasteiger partial charge < -0.3 is 9.80 Å². The van der Waals surface area contributed by atoms with E-state index in [-0.39, 0.29) is 5.91 Å². The summed E-state index contributed by atoms with van der Waals surface area (Å²) >= 11 is 0. The molecule has 0 atom stereocenters. The van der Waals surface area contributed by atoms with Crippen LogP contribution in [0.5, 0.6) is 0 Å². The summed E-state index contributed by atoms with van der Waals surface area (Å²) in [5.41, 5.74) is 5.63. The Labute approximate surface area is 144 Å². The summed E-state index contributed by atoms with van der Waals surface area (Å²) in [5.74, 6) is 0.0781. The summed E-state index contributed by atoms with van der Waals surface area (Å²) in [4.78, 5) is 17.0. The van der Waals surface area contributed by atoms with Crippen molar-refractivity contribution in [3.8, 4) is 0 Å². The largest absolute Gasteiger partial charge is 0.371 e. The van der Waals surface area contributed by atoms with Crippen molar-refractivity contribution in [3.05, 3.63) is 64.7 Å². The highest BCUT2D eigenvalue weighted by molar-refractivity contribution is 5.94. The minimum absolute atomic E-state index is 0.0781. The second kappa shape index (κ2) is 7.08. The minimum atomic E-state index is 0.0781. The molecular formula is C21H26N2O. The fourth-order valence-electron chi connectivity index (χ4n) is 3.33. The molecule has 0 spiro atoms. The number of aryl methyl sites for hydroxylation is 2. The van der Waals surface area contributed by atoms with Crippen molar-refractivity contribution < 1.29 is 4.79 Å². The standard InChI is InChI=1S/C21H26N2O/c1-16-10-11-18(14-17(16)2)21(24)22(3)15-19-8-4-5-9-20(19)23-12-6-7-13-23/h4-5,8-11,14H,6-7,12-13,15H2,1-3H3. The third kappa shape index (κ3) is 3.45. The van der Waals surface area contributed by atoms with Crippen LogP contribution in [0.2, 0.25) is 0 Å². The van der Waals surface area contributed by atoms with Crippen LogP contribution >= 0.6 is 0 Å². The zero-order chi connectivity index (χ0) is 17.1. The molecule has 24 heavy (non-hydrogen) atoms. The molecule has 126 valence electrons. The van der Waals surface area contributed by atoms with E-state index in [1.807, 2.05) is 30.1 Å². The van der Waals surface area contributed by atoms with Crippen LogP contribution in [0.15, 0.2) is 42.5 Å². The van der Waals surface area contributed by atoms with Crippen LogP contribution in [0, 0.1) is 13.8 Å². The van der Waals surface area contributed by atoms with Crippen LogP contribution in [0.4, 0.5) is 5.69 Å². The molecule has 3 nitrogen and oxygen atoms in total. The number of anilines is 1. The van der Waals surface area contributed by atoms with Gasteiger partial charge in [-0.25, -0.2) is 0 Å². The topological polar surface area (TPSA) is 23.6 Å². The highest BCUT2D eigenvalue weighted by Gasteiger charge is 2.18. The third-order valence-electron chi connectivity index (χ3n) is 4.95. The Hall–Kier alpha value is -2.29. The lowest BCUT2D eigenvalue weighted by molar-refractivity contribution is 0.0785. The van der Waals surface area contributed by atoms with Gasteiger partial charge in [0.2, 0.25) is 0 Å². The number of carbonyl (C=O) groups is 1. The maximum absolute atomic E-state index is 12.8. The molecule has 0 radical (unpaired) electrons. The molecule has 2 aromatic carbocycles. The van der Waals surface area contributed by atoms with Crippen LogP contribution in [0.25, 0.3) is 0 Å². The van der Waals surface area contributed by atoms with Gasteiger partial charge in [0.1, 0.15) is 0 Å². The molecule has 1 heterocycles. The molecule has 0 saturated carbocycles. The Kier molecular flexibility index (Phi) is 4.89. The van der Waals surface area contributed by atoms with Crippen molar-refractivity contribution in [2.24, 2.45) is 0 Å². The number of hydrogen-bond donors (Lipinski definition) is 0. The first-order chi connectivity index (χ1) is 11.6. The Morgan fingerprint density at radius 1 is 1.04 bits per heavy atom. The lowest BCUT2D eigenvalue weighted by atomic mass is 10.1. The normalized spacial score (nSPS) is 14.0. The highest BCUT2D eigenvalue weighted by Crippen LogP contribution is 2.25. The maximum atomic E-state index is 12.8. The van der Waals surface area contributed by atoms with Gasteiger partial charge in [0.25, 0.3) is 5.91 Å². The maximum Gasteiger partial charge on any atom is 0.253 e. The first kappa shape index (κ1) is 16.6. The number of nitrogens with zero attached hydrogens (tertiary/aromatic N) is 2. The van der Waals surface area contributed by atoms with Gasteiger partial charge in [-0.1, -0.05) is 24.3 Å². The highest BCUT2D eigenvalue weighted by atomic mass is 16.2. The van der Waals surface area contributed by atoms with Gasteiger partial charge in [0.05, 0.1) is 0 Å². The van der Waals surface area contributed by atoms with Crippen molar-refractivity contribution in [2.45, 2.75) is 33.2 Å². The molecule has 1 saturated heterocycles. The molecule has 2 aromatic rings. The van der Waals surface area contributed by atoms with Crippen molar-refractivity contribution in [2.75, 3.05) is 25.0 Å². The summed E-state index contributed by atoms with van der Waals surface area (Å²) in [6, 6.07) is 14.4. The van der Waals surface area contributed by atoms with E-state index >= 15 is 0 Å². The fourth-order valence-corrected chi connectivity index (χ4v) is 3.33. The second-order valence-corrected chi connectivity index (χ2v) is 6.78. The van der Waals surface area contributed by atoms with Crippen molar-refractivity contribution in [3.63, 3.8) is 0 Å². The quantitative estimate of drug-likeness (QED) is 0.843. The molecule has 0 aromatic heterocycles. The van der Waals surface area contributed by atoms with E-state index in [9.17, 15) is 4.79 Å². The number of para-hydroxylation sites is 1. The Balaban J connectivity index is 1.78. The Morgan fingerprint density at radius 2 is 1.75 bits per heavy atom. The van der Waals surface area contributed by atoms with Crippen LogP contribution in [-0.4, -0.2) is 30.9 Å². The summed E-state index contributed by atoms with van der Waals surface area (Å²) < 4.78 is 0. The predicted octanol–water partition coefficient (Wildman–Crippen LogP) is 4.18. The SMILES string of the molecule is Cc1ccc(C(=O)N(C)Cc2ccccc2N2CCCC2)cc1C. The van der Waals surface area contributed by atoms with E-state index in [0.717, 1.165) is 24.2 Å². The smallest absolute Gasteiger partial charge is 0.253 e. The van der Waals surface area contributed by atoms with Crippen LogP contribution in [0.1, 0.15) is 39.9 Å². The van der Waals surface area contributed by atoms with Gasteiger partial charge in [0, 0.05) is 37.9 Å². The predicted molar refractivity (Wildman–Crippen MR) is 99.6 cm³/mol. The Bertz CT molecular complexity index is 732. The van der Waals surface area contributed by atoms with E-state index in [4.69, 9.17) is 0 Å². The van der Waals surface area contributed by atoms with Gasteiger partial charge in [-0.3, -0.25) is 4.79 Å². The van der Waals surface area contributed by atoms with Crippen molar-refractivity contribution in [1.82, 2.24) is 4.90 Å². The Morgan fingerprint density at radius 3 is 2.46 bits per heavy atom. The molecule has 1 aliphatic rings. The summed E-state index contributed by atoms with van der Waals surface area (Å²) in [7, 11) is 1.89. The first-order valence-corrected chi connectivity index (χ1v) is 8.72. The average molecular weight is 322 g/mol. The summed E-state index contributed by atoms with van der Waals surface area (Å²) in [6.07, 6.45) is 2.51. The lowest BCUT2D eigenvalue weighted by Crippen LogP contribution is -2.28. The van der Waals surface area contributed by atoms with E-state index in [0.29, 0.717) is 6.54 Å². The molecule has 0 N–H and O–H groups in total. The zero-order valence-corrected chi connectivity index (χ0v) is 14.9. The number of benzene rings is 2. The monoisotopic (exact) mass is 322 g/mol. The zero-order valence-electron chi connectivity index (χ0n) is 14.9. The van der Waals surface area contributed by atoms with Gasteiger partial charge in [0.15, 0.2) is 0 Å². The van der Waals surface area contributed by atoms with Crippen LogP contribution in [0.3, 0.4) is 0 Å². The van der Waals surface area contributed by atoms with Crippen molar-refractivity contribution in [1.29, 1.82) is 0 Å². The summed E-state index contributed by atoms with van der Waals surface area (Å²) in [6.45, 7) is 6.99. The van der Waals surface area contributed by atoms with Gasteiger partial charge in [-0.2, -0.15) is 0 Å². The number of hydrogen-bond acceptors (Lipinski definition) is 2. The minimum Gasteiger partial charge on any atom is -0.371 e. The molecule has 3 heteroatoms. The number of carbonyl (C=O) groups excluding carboxylic acids is 1. The fraction of sp³-hybridized carbons (Fsp3) is 0.381. The molecule has 1 fully saturated rings. The molecular weight excluding hydrogens is 296 g/mol. The number of amides is 1. The van der Waals surface area contributed by atoms with E-state index in [2.05, 4.69) is 43.0 Å². The van der Waals surface area contributed by atoms with Crippen LogP contribution < -0.4 is 4.90 Å². The van der Waals surface area contributed by atoms with E-state index in [1.165, 1.54) is 29.7 Å². The van der Waals surface area contributed by atoms with E-state index < -0.39 is 0 Å². The third-order valence-corrected chi connectivity index (χ3v) is 4.95. The number of rotatable bonds is 4. The van der Waals surface area contributed by atoms with Gasteiger partial charge >= 0.3 is 0 Å². The van der Waals surface area contributed by atoms with Gasteiger partial charge in [-0.05, 0) is 61.6 Å². The second-order valence-electron chi connectivity index (χ2n) is 6.78. The molecule has 0 aliphatic carbocycles. The van der Waals surface area contributed by atoms with Gasteiger partial charge in [-0.15, -0.1) is 0 Å². The van der Waals surface area contributed by atoms with Crippen LogP contribution in [-0.2, 0) is 6.54 Å². The molecule has 0 bridgehead atoms. The first-order valence-electron chi connectivity index (χ1n) is 8.72. The molecule has 0 unspecified atom stereocenters. The lowest BCUT2D eigenvalue weighted by Gasteiger charge is -2.24. The molecule has 1 aliphatic heterocycles. The van der Waals surface area contributed by atoms with Crippen molar-refractivity contribution >= 4 is 11.6 Å². The van der Waals surface area contributed by atoms with E-state index in [1.54, 1.807) is 0 Å².